The molecule has 0 atom stereocenters. The molecule has 4 heteroatoms. The van der Waals surface area contributed by atoms with Crippen LogP contribution in [0.1, 0.15) is 11.3 Å². The van der Waals surface area contributed by atoms with Gasteiger partial charge in [-0.3, -0.25) is 0 Å². The number of para-hydroxylation sites is 2. The Morgan fingerprint density at radius 3 is 2.74 bits per heavy atom. The van der Waals surface area contributed by atoms with Gasteiger partial charge in [0.25, 0.3) is 0 Å². The lowest BCUT2D eigenvalue weighted by Gasteiger charge is -2.36. The number of nitrogens with two attached hydrogens (primary N) is 1. The second kappa shape index (κ2) is 4.97. The van der Waals surface area contributed by atoms with Crippen LogP contribution in [0, 0.1) is 0 Å². The third-order valence-electron chi connectivity index (χ3n) is 3.73. The van der Waals surface area contributed by atoms with Gasteiger partial charge in [0.05, 0.1) is 24.2 Å². The molecule has 4 nitrogen and oxygen atoms in total. The van der Waals surface area contributed by atoms with Gasteiger partial charge in [-0.15, -0.1) is 0 Å². The number of fused-ring (bicyclic) bond motifs is 1. The molecular weight excluding hydrogens is 238 g/mol. The van der Waals surface area contributed by atoms with Crippen molar-refractivity contribution in [1.82, 2.24) is 0 Å². The van der Waals surface area contributed by atoms with Crippen molar-refractivity contribution in [2.75, 3.05) is 29.9 Å². The van der Waals surface area contributed by atoms with Crippen molar-refractivity contribution in [2.24, 2.45) is 5.73 Å². The molecule has 0 amide bonds. The van der Waals surface area contributed by atoms with Crippen LogP contribution in [0.15, 0.2) is 41.0 Å². The summed E-state index contributed by atoms with van der Waals surface area (Å²) in [6, 6.07) is 10.4. The second-order valence-electron chi connectivity index (χ2n) is 4.90. The summed E-state index contributed by atoms with van der Waals surface area (Å²) in [6.45, 7) is 3.33. The minimum absolute atomic E-state index is 0.529. The molecule has 1 aliphatic heterocycles. The molecule has 0 fully saturated rings. The summed E-state index contributed by atoms with van der Waals surface area (Å²) in [4.78, 5) is 4.64. The third-order valence-corrected chi connectivity index (χ3v) is 3.73. The number of hydrogen-bond donors (Lipinski definition) is 1. The Morgan fingerprint density at radius 1 is 1.16 bits per heavy atom. The summed E-state index contributed by atoms with van der Waals surface area (Å²) >= 11 is 0. The van der Waals surface area contributed by atoms with Crippen molar-refractivity contribution in [3.63, 3.8) is 0 Å². The Hall–Kier alpha value is -1.94. The lowest BCUT2D eigenvalue weighted by Crippen LogP contribution is -2.38. The number of rotatable bonds is 3. The molecule has 3 rings (SSSR count). The predicted molar refractivity (Wildman–Crippen MR) is 77.4 cm³/mol. The van der Waals surface area contributed by atoms with Gasteiger partial charge in [-0.1, -0.05) is 12.1 Å². The maximum atomic E-state index is 5.73. The molecule has 1 aromatic heterocycles. The van der Waals surface area contributed by atoms with Crippen molar-refractivity contribution in [3.8, 4) is 0 Å². The first-order valence-corrected chi connectivity index (χ1v) is 6.60. The van der Waals surface area contributed by atoms with Crippen LogP contribution >= 0.6 is 0 Å². The van der Waals surface area contributed by atoms with E-state index in [4.69, 9.17) is 10.2 Å². The zero-order valence-corrected chi connectivity index (χ0v) is 11.2. The topological polar surface area (TPSA) is 45.6 Å². The van der Waals surface area contributed by atoms with Gasteiger partial charge >= 0.3 is 0 Å². The number of furan rings is 1. The van der Waals surface area contributed by atoms with E-state index in [1.807, 2.05) is 6.07 Å². The van der Waals surface area contributed by atoms with Crippen molar-refractivity contribution in [1.29, 1.82) is 0 Å². The Bertz CT molecular complexity index is 564. The molecule has 0 spiro atoms. The Morgan fingerprint density at radius 2 is 1.95 bits per heavy atom. The first-order valence-electron chi connectivity index (χ1n) is 6.60. The van der Waals surface area contributed by atoms with E-state index < -0.39 is 0 Å². The molecule has 0 saturated carbocycles. The quantitative estimate of drug-likeness (QED) is 0.915. The number of likely N-dealkylation sites (N-methyl/N-ethyl adjacent to an activating group) is 1. The second-order valence-corrected chi connectivity index (χ2v) is 4.90. The zero-order valence-electron chi connectivity index (χ0n) is 11.2. The lowest BCUT2D eigenvalue weighted by molar-refractivity contribution is 0.496. The largest absolute Gasteiger partial charge is 0.467 e. The van der Waals surface area contributed by atoms with Gasteiger partial charge in [-0.25, -0.2) is 0 Å². The molecule has 1 aromatic carbocycles. The summed E-state index contributed by atoms with van der Waals surface area (Å²) in [5, 5.41) is 0. The molecular formula is C15H19N3O. The molecule has 0 radical (unpaired) electrons. The normalized spacial score (nSPS) is 14.6. The van der Waals surface area contributed by atoms with E-state index in [0.29, 0.717) is 6.54 Å². The average molecular weight is 257 g/mol. The molecule has 0 unspecified atom stereocenters. The van der Waals surface area contributed by atoms with Crippen LogP contribution in [0.3, 0.4) is 0 Å². The van der Waals surface area contributed by atoms with Gasteiger partial charge in [-0.05, 0) is 18.2 Å². The van der Waals surface area contributed by atoms with Crippen molar-refractivity contribution in [2.45, 2.75) is 13.1 Å². The van der Waals surface area contributed by atoms with Gasteiger partial charge in [-0.2, -0.15) is 0 Å². The van der Waals surface area contributed by atoms with Gasteiger partial charge in [0.1, 0.15) is 5.76 Å². The fourth-order valence-corrected chi connectivity index (χ4v) is 2.59. The van der Waals surface area contributed by atoms with Crippen molar-refractivity contribution >= 4 is 11.4 Å². The van der Waals surface area contributed by atoms with Gasteiger partial charge < -0.3 is 20.0 Å². The molecule has 0 aliphatic carbocycles. The highest BCUT2D eigenvalue weighted by molar-refractivity contribution is 5.73. The number of anilines is 2. The highest BCUT2D eigenvalue weighted by Crippen LogP contribution is 2.33. The molecule has 100 valence electrons. The predicted octanol–water partition coefficient (Wildman–Crippen LogP) is 2.19. The highest BCUT2D eigenvalue weighted by atomic mass is 16.3. The van der Waals surface area contributed by atoms with Crippen LogP contribution in [0.5, 0.6) is 0 Å². The van der Waals surface area contributed by atoms with Gasteiger partial charge in [0, 0.05) is 32.2 Å². The van der Waals surface area contributed by atoms with E-state index in [1.165, 1.54) is 11.4 Å². The van der Waals surface area contributed by atoms with Crippen LogP contribution in [0.2, 0.25) is 0 Å². The van der Waals surface area contributed by atoms with E-state index in [2.05, 4.69) is 41.1 Å². The van der Waals surface area contributed by atoms with Crippen LogP contribution in [0.4, 0.5) is 11.4 Å². The van der Waals surface area contributed by atoms with Crippen LogP contribution in [-0.2, 0) is 13.1 Å². The number of benzene rings is 1. The van der Waals surface area contributed by atoms with Crippen LogP contribution in [0.25, 0.3) is 0 Å². The van der Waals surface area contributed by atoms with Gasteiger partial charge in [0.2, 0.25) is 0 Å². The maximum Gasteiger partial charge on any atom is 0.127 e. The molecule has 2 aromatic rings. The zero-order chi connectivity index (χ0) is 13.2. The molecule has 2 N–H and O–H groups in total. The lowest BCUT2D eigenvalue weighted by atomic mass is 10.1. The molecule has 2 heterocycles. The Kier molecular flexibility index (Phi) is 3.17. The molecule has 1 aliphatic rings. The third kappa shape index (κ3) is 2.19. The maximum absolute atomic E-state index is 5.73. The first kappa shape index (κ1) is 12.1. The minimum Gasteiger partial charge on any atom is -0.467 e. The van der Waals surface area contributed by atoms with Crippen molar-refractivity contribution < 1.29 is 4.42 Å². The summed E-state index contributed by atoms with van der Waals surface area (Å²) in [5.74, 6) is 0.974. The fraction of sp³-hybridized carbons (Fsp3) is 0.333. The SMILES string of the molecule is CN1CCN(Cc2occc2CN)c2ccccc21. The summed E-state index contributed by atoms with van der Waals surface area (Å²) in [5.41, 5.74) is 9.36. The smallest absolute Gasteiger partial charge is 0.127 e. The molecule has 19 heavy (non-hydrogen) atoms. The Balaban J connectivity index is 1.89. The minimum atomic E-state index is 0.529. The standard InChI is InChI=1S/C15H19N3O/c1-17-7-8-18(14-5-3-2-4-13(14)17)11-15-12(10-16)6-9-19-15/h2-6,9H,7-8,10-11,16H2,1H3. The number of nitrogens with zero attached hydrogens (tertiary/aromatic N) is 2. The highest BCUT2D eigenvalue weighted by Gasteiger charge is 2.21. The Labute approximate surface area is 113 Å². The summed E-state index contributed by atoms with van der Waals surface area (Å²) < 4.78 is 5.56. The molecule has 0 saturated heterocycles. The monoisotopic (exact) mass is 257 g/mol. The van der Waals surface area contributed by atoms with E-state index in [1.54, 1.807) is 6.26 Å². The average Bonchev–Trinajstić information content (AvgIpc) is 2.89. The van der Waals surface area contributed by atoms with E-state index in [-0.39, 0.29) is 0 Å². The van der Waals surface area contributed by atoms with E-state index in [0.717, 1.165) is 31.0 Å². The van der Waals surface area contributed by atoms with Gasteiger partial charge in [0.15, 0.2) is 0 Å². The summed E-state index contributed by atoms with van der Waals surface area (Å²) in [7, 11) is 2.13. The summed E-state index contributed by atoms with van der Waals surface area (Å²) in [6.07, 6.45) is 1.72. The van der Waals surface area contributed by atoms with Crippen LogP contribution in [-0.4, -0.2) is 20.1 Å². The molecule has 0 bridgehead atoms. The first-order chi connectivity index (χ1) is 9.29. The van der Waals surface area contributed by atoms with E-state index >= 15 is 0 Å². The van der Waals surface area contributed by atoms with E-state index in [9.17, 15) is 0 Å². The fourth-order valence-electron chi connectivity index (χ4n) is 2.59. The number of hydrogen-bond acceptors (Lipinski definition) is 4. The van der Waals surface area contributed by atoms with Crippen molar-refractivity contribution in [3.05, 3.63) is 47.9 Å². The van der Waals surface area contributed by atoms with Crippen LogP contribution < -0.4 is 15.5 Å².